The summed E-state index contributed by atoms with van der Waals surface area (Å²) in [5.41, 5.74) is 3.20. The topological polar surface area (TPSA) is 0 Å². The Labute approximate surface area is 91.3 Å². The Morgan fingerprint density at radius 1 is 1.00 bits per heavy atom. The number of allylic oxidation sites excluding steroid dienone is 4. The molecule has 0 spiro atoms. The molecule has 1 aromatic rings. The molecule has 0 nitrogen and oxygen atoms in total. The lowest BCUT2D eigenvalue weighted by Gasteiger charge is -2.08. The summed E-state index contributed by atoms with van der Waals surface area (Å²) < 4.78 is 0. The monoisotopic (exact) mass is 196 g/mol. The van der Waals surface area contributed by atoms with E-state index in [1.165, 1.54) is 24.8 Å². The lowest BCUT2D eigenvalue weighted by atomic mass is 9.98. The lowest BCUT2D eigenvalue weighted by Crippen LogP contribution is -1.92. The van der Waals surface area contributed by atoms with Crippen LogP contribution in [0, 0.1) is 5.92 Å². The zero-order valence-corrected chi connectivity index (χ0v) is 8.89. The predicted molar refractivity (Wildman–Crippen MR) is 63.7 cm³/mol. The number of rotatable bonds is 2. The van der Waals surface area contributed by atoms with Gasteiger partial charge >= 0.3 is 0 Å². The van der Waals surface area contributed by atoms with Crippen molar-refractivity contribution in [3.63, 3.8) is 0 Å². The van der Waals surface area contributed by atoms with Crippen molar-refractivity contribution < 1.29 is 0 Å². The predicted octanol–water partition coefficient (Wildman–Crippen LogP) is 4.07. The molecule has 15 heavy (non-hydrogen) atoms. The second-order valence-electron chi connectivity index (χ2n) is 4.57. The summed E-state index contributed by atoms with van der Waals surface area (Å²) >= 11 is 0. The van der Waals surface area contributed by atoms with E-state index in [1.807, 2.05) is 0 Å². The molecule has 2 aliphatic carbocycles. The smallest absolute Gasteiger partial charge is 0.00901 e. The average Bonchev–Trinajstić information content (AvgIpc) is 3.11. The van der Waals surface area contributed by atoms with E-state index in [1.54, 1.807) is 5.57 Å². The van der Waals surface area contributed by atoms with Gasteiger partial charge in [0, 0.05) is 0 Å². The number of hydrogen-bond acceptors (Lipinski definition) is 0. The van der Waals surface area contributed by atoms with Crippen molar-refractivity contribution in [1.82, 2.24) is 0 Å². The minimum atomic E-state index is 0.809. The number of hydrogen-bond donors (Lipinski definition) is 0. The summed E-state index contributed by atoms with van der Waals surface area (Å²) in [5.74, 6) is 1.65. The van der Waals surface area contributed by atoms with E-state index >= 15 is 0 Å². The molecular weight excluding hydrogens is 180 g/mol. The maximum atomic E-state index is 2.33. The molecule has 0 amide bonds. The second kappa shape index (κ2) is 3.69. The molecule has 0 heterocycles. The van der Waals surface area contributed by atoms with Gasteiger partial charge in [-0.2, -0.15) is 0 Å². The number of benzene rings is 1. The minimum absolute atomic E-state index is 0.809. The first kappa shape index (κ1) is 8.96. The maximum Gasteiger partial charge on any atom is -0.00901 e. The fourth-order valence-corrected chi connectivity index (χ4v) is 2.60. The molecule has 0 saturated heterocycles. The van der Waals surface area contributed by atoms with E-state index in [9.17, 15) is 0 Å². The standard InChI is InChI=1S/C15H16/c1-3-7-12(8-4-1)14-11-15(14)13-9-5-2-6-10-13/h1-5,7-9,14-15H,6,10-11H2. The van der Waals surface area contributed by atoms with Gasteiger partial charge in [0.1, 0.15) is 0 Å². The van der Waals surface area contributed by atoms with Gasteiger partial charge in [-0.3, -0.25) is 0 Å². The summed E-state index contributed by atoms with van der Waals surface area (Å²) in [5, 5.41) is 0. The molecule has 3 rings (SSSR count). The summed E-state index contributed by atoms with van der Waals surface area (Å²) in [4.78, 5) is 0. The Bertz CT molecular complexity index is 397. The third kappa shape index (κ3) is 1.77. The van der Waals surface area contributed by atoms with Crippen molar-refractivity contribution in [3.8, 4) is 0 Å². The Morgan fingerprint density at radius 2 is 1.87 bits per heavy atom. The van der Waals surface area contributed by atoms with Crippen LogP contribution in [0.5, 0.6) is 0 Å². The second-order valence-corrected chi connectivity index (χ2v) is 4.57. The summed E-state index contributed by atoms with van der Waals surface area (Å²) in [6, 6.07) is 10.9. The van der Waals surface area contributed by atoms with Gasteiger partial charge in [-0.05, 0) is 36.7 Å². The summed E-state index contributed by atoms with van der Waals surface area (Å²) in [6.45, 7) is 0. The van der Waals surface area contributed by atoms with Gasteiger partial charge in [-0.15, -0.1) is 0 Å². The quantitative estimate of drug-likeness (QED) is 0.669. The van der Waals surface area contributed by atoms with Gasteiger partial charge in [0.2, 0.25) is 0 Å². The van der Waals surface area contributed by atoms with Crippen LogP contribution in [-0.4, -0.2) is 0 Å². The fraction of sp³-hybridized carbons (Fsp3) is 0.333. The molecule has 2 unspecified atom stereocenters. The Morgan fingerprint density at radius 3 is 2.60 bits per heavy atom. The SMILES string of the molecule is C1=CCCC(C2CC2c2ccccc2)=C1. The molecule has 0 N–H and O–H groups in total. The van der Waals surface area contributed by atoms with Crippen molar-refractivity contribution in [2.45, 2.75) is 25.2 Å². The third-order valence-electron chi connectivity index (χ3n) is 3.54. The summed E-state index contributed by atoms with van der Waals surface area (Å²) in [7, 11) is 0. The molecule has 1 fully saturated rings. The van der Waals surface area contributed by atoms with E-state index < -0.39 is 0 Å². The van der Waals surface area contributed by atoms with Crippen LogP contribution in [0.4, 0.5) is 0 Å². The molecule has 1 aromatic carbocycles. The van der Waals surface area contributed by atoms with Gasteiger partial charge in [0.15, 0.2) is 0 Å². The normalized spacial score (nSPS) is 28.7. The summed E-state index contributed by atoms with van der Waals surface area (Å²) in [6.07, 6.45) is 10.7. The first-order valence-electron chi connectivity index (χ1n) is 5.86. The maximum absolute atomic E-state index is 2.33. The Hall–Kier alpha value is -1.30. The molecule has 76 valence electrons. The van der Waals surface area contributed by atoms with Gasteiger partial charge < -0.3 is 0 Å². The largest absolute Gasteiger partial charge is 0.0842 e. The third-order valence-corrected chi connectivity index (χ3v) is 3.54. The molecule has 2 atom stereocenters. The molecule has 1 saturated carbocycles. The zero-order valence-electron chi connectivity index (χ0n) is 8.89. The highest BCUT2D eigenvalue weighted by molar-refractivity contribution is 5.34. The van der Waals surface area contributed by atoms with E-state index in [4.69, 9.17) is 0 Å². The fourth-order valence-electron chi connectivity index (χ4n) is 2.60. The van der Waals surface area contributed by atoms with Crippen molar-refractivity contribution in [2.75, 3.05) is 0 Å². The van der Waals surface area contributed by atoms with Crippen LogP contribution in [0.2, 0.25) is 0 Å². The van der Waals surface area contributed by atoms with Crippen LogP contribution in [0.1, 0.15) is 30.7 Å². The first-order chi connectivity index (χ1) is 7.45. The van der Waals surface area contributed by atoms with Crippen LogP contribution in [0.25, 0.3) is 0 Å². The van der Waals surface area contributed by atoms with E-state index in [-0.39, 0.29) is 0 Å². The highest BCUT2D eigenvalue weighted by Gasteiger charge is 2.40. The Balaban J connectivity index is 1.74. The van der Waals surface area contributed by atoms with Crippen molar-refractivity contribution in [2.24, 2.45) is 5.92 Å². The molecular formula is C15H16. The van der Waals surface area contributed by atoms with Crippen molar-refractivity contribution >= 4 is 0 Å². The molecule has 0 aliphatic heterocycles. The van der Waals surface area contributed by atoms with Gasteiger partial charge in [-0.25, -0.2) is 0 Å². The van der Waals surface area contributed by atoms with Crippen LogP contribution < -0.4 is 0 Å². The molecule has 0 bridgehead atoms. The first-order valence-corrected chi connectivity index (χ1v) is 5.86. The highest BCUT2D eigenvalue weighted by Crippen LogP contribution is 2.53. The lowest BCUT2D eigenvalue weighted by molar-refractivity contribution is 0.825. The van der Waals surface area contributed by atoms with Gasteiger partial charge in [-0.1, -0.05) is 54.1 Å². The van der Waals surface area contributed by atoms with Crippen molar-refractivity contribution in [1.29, 1.82) is 0 Å². The molecule has 0 heteroatoms. The highest BCUT2D eigenvalue weighted by atomic mass is 14.4. The van der Waals surface area contributed by atoms with Crippen LogP contribution in [-0.2, 0) is 0 Å². The van der Waals surface area contributed by atoms with E-state index in [0.29, 0.717) is 0 Å². The molecule has 0 aromatic heterocycles. The van der Waals surface area contributed by atoms with Crippen molar-refractivity contribution in [3.05, 3.63) is 59.7 Å². The zero-order chi connectivity index (χ0) is 10.1. The minimum Gasteiger partial charge on any atom is -0.0842 e. The molecule has 2 aliphatic rings. The van der Waals surface area contributed by atoms with Gasteiger partial charge in [0.05, 0.1) is 0 Å². The van der Waals surface area contributed by atoms with E-state index in [2.05, 4.69) is 48.6 Å². The Kier molecular flexibility index (Phi) is 2.21. The van der Waals surface area contributed by atoms with E-state index in [0.717, 1.165) is 11.8 Å². The average molecular weight is 196 g/mol. The molecule has 0 radical (unpaired) electrons. The van der Waals surface area contributed by atoms with Crippen LogP contribution >= 0.6 is 0 Å². The van der Waals surface area contributed by atoms with Crippen LogP contribution in [0.15, 0.2) is 54.1 Å². The van der Waals surface area contributed by atoms with Gasteiger partial charge in [0.25, 0.3) is 0 Å². The van der Waals surface area contributed by atoms with Crippen LogP contribution in [0.3, 0.4) is 0 Å².